The molecule has 2 amide bonds. The third-order valence-corrected chi connectivity index (χ3v) is 4.12. The molecule has 0 aliphatic heterocycles. The summed E-state index contributed by atoms with van der Waals surface area (Å²) in [5.41, 5.74) is 0.986. The minimum absolute atomic E-state index is 0.0435. The van der Waals surface area contributed by atoms with Crippen molar-refractivity contribution < 1.29 is 22.8 Å². The average molecular weight is 403 g/mol. The molecule has 0 radical (unpaired) electrons. The molecule has 0 aliphatic rings. The minimum Gasteiger partial charge on any atom is -0.324 e. The molecule has 10 heteroatoms. The molecular weight excluding hydrogens is 387 g/mol. The zero-order chi connectivity index (χ0) is 21.1. The highest BCUT2D eigenvalue weighted by Gasteiger charge is 2.19. The molecule has 7 nitrogen and oxygen atoms in total. The van der Waals surface area contributed by atoms with E-state index in [1.807, 2.05) is 0 Å². The van der Waals surface area contributed by atoms with Gasteiger partial charge in [-0.15, -0.1) is 5.10 Å². The summed E-state index contributed by atoms with van der Waals surface area (Å²) in [6.07, 6.45) is 0. The Bertz CT molecular complexity index is 1100. The van der Waals surface area contributed by atoms with Crippen LogP contribution in [-0.2, 0) is 11.3 Å². The van der Waals surface area contributed by atoms with Gasteiger partial charge in [0.2, 0.25) is 5.91 Å². The van der Waals surface area contributed by atoms with Gasteiger partial charge in [0.05, 0.1) is 5.69 Å². The van der Waals surface area contributed by atoms with Crippen molar-refractivity contribution in [1.82, 2.24) is 15.0 Å². The molecule has 1 heterocycles. The van der Waals surface area contributed by atoms with Crippen molar-refractivity contribution in [1.29, 1.82) is 0 Å². The van der Waals surface area contributed by atoms with E-state index in [4.69, 9.17) is 0 Å². The summed E-state index contributed by atoms with van der Waals surface area (Å²) in [5.74, 6) is -3.78. The van der Waals surface area contributed by atoms with Gasteiger partial charge < -0.3 is 10.6 Å². The van der Waals surface area contributed by atoms with Gasteiger partial charge in [0.15, 0.2) is 17.3 Å². The fourth-order valence-corrected chi connectivity index (χ4v) is 2.49. The zero-order valence-corrected chi connectivity index (χ0v) is 15.5. The number of benzene rings is 2. The summed E-state index contributed by atoms with van der Waals surface area (Å²) >= 11 is 0. The van der Waals surface area contributed by atoms with E-state index in [2.05, 4.69) is 20.9 Å². The van der Waals surface area contributed by atoms with E-state index in [1.165, 1.54) is 29.8 Å². The maximum Gasteiger partial charge on any atom is 0.278 e. The Balaban J connectivity index is 1.67. The number of nitrogens with one attached hydrogen (secondary N) is 2. The second kappa shape index (κ2) is 8.13. The van der Waals surface area contributed by atoms with Crippen molar-refractivity contribution in [3.8, 4) is 0 Å². The van der Waals surface area contributed by atoms with Gasteiger partial charge in [-0.2, -0.15) is 0 Å². The summed E-state index contributed by atoms with van der Waals surface area (Å²) in [4.78, 5) is 24.5. The number of aryl methyl sites for hydroxylation is 1. The van der Waals surface area contributed by atoms with Gasteiger partial charge in [-0.25, -0.2) is 17.9 Å². The van der Waals surface area contributed by atoms with E-state index in [0.717, 1.165) is 12.1 Å². The number of halogens is 3. The van der Waals surface area contributed by atoms with Crippen molar-refractivity contribution in [2.45, 2.75) is 20.4 Å². The second-order valence-corrected chi connectivity index (χ2v) is 6.28. The first-order valence-electron chi connectivity index (χ1n) is 8.47. The Hall–Kier alpha value is -3.69. The highest BCUT2D eigenvalue weighted by Crippen LogP contribution is 2.16. The average Bonchev–Trinajstić information content (AvgIpc) is 3.02. The minimum atomic E-state index is -1.10. The van der Waals surface area contributed by atoms with E-state index in [-0.39, 0.29) is 29.3 Å². The lowest BCUT2D eigenvalue weighted by molar-refractivity contribution is -0.117. The van der Waals surface area contributed by atoms with E-state index < -0.39 is 29.3 Å². The second-order valence-electron chi connectivity index (χ2n) is 6.28. The van der Waals surface area contributed by atoms with E-state index in [1.54, 1.807) is 13.0 Å². The lowest BCUT2D eigenvalue weighted by atomic mass is 10.2. The summed E-state index contributed by atoms with van der Waals surface area (Å²) in [6, 6.07) is 7.21. The van der Waals surface area contributed by atoms with Gasteiger partial charge in [-0.05, 0) is 43.7 Å². The third kappa shape index (κ3) is 4.60. The number of hydrogen-bond donors (Lipinski definition) is 2. The van der Waals surface area contributed by atoms with Crippen molar-refractivity contribution in [2.75, 3.05) is 10.6 Å². The zero-order valence-electron chi connectivity index (χ0n) is 15.5. The molecule has 0 saturated heterocycles. The summed E-state index contributed by atoms with van der Waals surface area (Å²) < 4.78 is 41.0. The number of rotatable bonds is 5. The van der Waals surface area contributed by atoms with E-state index in [0.29, 0.717) is 5.56 Å². The van der Waals surface area contributed by atoms with Crippen LogP contribution in [0, 0.1) is 31.3 Å². The fourth-order valence-electron chi connectivity index (χ4n) is 2.49. The Labute approximate surface area is 163 Å². The smallest absolute Gasteiger partial charge is 0.278 e. The SMILES string of the molecule is Cc1ccc(NC(=O)Cn2nnc(C(=O)Nc3ccc(F)c(F)c3)c2C)cc1F. The number of aromatic nitrogens is 3. The molecule has 3 rings (SSSR count). The Kier molecular flexibility index (Phi) is 5.62. The van der Waals surface area contributed by atoms with Crippen LogP contribution in [-0.4, -0.2) is 26.8 Å². The first-order chi connectivity index (χ1) is 13.7. The van der Waals surface area contributed by atoms with Crippen LogP contribution in [0.1, 0.15) is 21.7 Å². The molecule has 3 aromatic rings. The molecule has 0 fully saturated rings. The molecule has 0 aliphatic carbocycles. The molecule has 2 aromatic carbocycles. The molecule has 0 spiro atoms. The van der Waals surface area contributed by atoms with Crippen LogP contribution in [0.4, 0.5) is 24.5 Å². The van der Waals surface area contributed by atoms with Gasteiger partial charge in [-0.1, -0.05) is 11.3 Å². The van der Waals surface area contributed by atoms with Gasteiger partial charge in [0, 0.05) is 17.4 Å². The highest BCUT2D eigenvalue weighted by molar-refractivity contribution is 6.03. The summed E-state index contributed by atoms with van der Waals surface area (Å²) in [6.45, 7) is 2.87. The van der Waals surface area contributed by atoms with Crippen molar-refractivity contribution in [3.05, 3.63) is 70.8 Å². The predicted octanol–water partition coefficient (Wildman–Crippen LogP) is 3.20. The Morgan fingerprint density at radius 1 is 0.931 bits per heavy atom. The van der Waals surface area contributed by atoms with Crippen LogP contribution in [0.5, 0.6) is 0 Å². The molecule has 1 aromatic heterocycles. The third-order valence-electron chi connectivity index (χ3n) is 4.12. The van der Waals surface area contributed by atoms with E-state index >= 15 is 0 Å². The quantitative estimate of drug-likeness (QED) is 0.685. The first kappa shape index (κ1) is 20.1. The van der Waals surface area contributed by atoms with Crippen LogP contribution in [0.2, 0.25) is 0 Å². The maximum atomic E-state index is 13.6. The topological polar surface area (TPSA) is 88.9 Å². The van der Waals surface area contributed by atoms with Gasteiger partial charge in [0.25, 0.3) is 5.91 Å². The lowest BCUT2D eigenvalue weighted by Crippen LogP contribution is -2.21. The molecule has 29 heavy (non-hydrogen) atoms. The maximum absolute atomic E-state index is 13.6. The molecule has 0 saturated carbocycles. The van der Waals surface area contributed by atoms with Crippen LogP contribution in [0.15, 0.2) is 36.4 Å². The largest absolute Gasteiger partial charge is 0.324 e. The van der Waals surface area contributed by atoms with Crippen molar-refractivity contribution >= 4 is 23.2 Å². The molecule has 150 valence electrons. The van der Waals surface area contributed by atoms with Crippen LogP contribution >= 0.6 is 0 Å². The number of amides is 2. The molecule has 0 bridgehead atoms. The molecule has 0 atom stereocenters. The van der Waals surface area contributed by atoms with Crippen molar-refractivity contribution in [2.24, 2.45) is 0 Å². The van der Waals surface area contributed by atoms with E-state index in [9.17, 15) is 22.8 Å². The van der Waals surface area contributed by atoms with Crippen molar-refractivity contribution in [3.63, 3.8) is 0 Å². The molecular formula is C19H16F3N5O2. The number of anilines is 2. The number of hydrogen-bond acceptors (Lipinski definition) is 4. The van der Waals surface area contributed by atoms with Crippen LogP contribution in [0.3, 0.4) is 0 Å². The highest BCUT2D eigenvalue weighted by atomic mass is 19.2. The number of carbonyl (C=O) groups excluding carboxylic acids is 2. The Morgan fingerprint density at radius 3 is 2.28 bits per heavy atom. The summed E-state index contributed by atoms with van der Waals surface area (Å²) in [7, 11) is 0. The molecule has 2 N–H and O–H groups in total. The summed E-state index contributed by atoms with van der Waals surface area (Å²) in [5, 5.41) is 12.4. The van der Waals surface area contributed by atoms with Crippen LogP contribution in [0.25, 0.3) is 0 Å². The first-order valence-corrected chi connectivity index (χ1v) is 8.47. The lowest BCUT2D eigenvalue weighted by Gasteiger charge is -2.08. The normalized spacial score (nSPS) is 10.7. The van der Waals surface area contributed by atoms with Gasteiger partial charge in [0.1, 0.15) is 12.4 Å². The van der Waals surface area contributed by atoms with Crippen LogP contribution < -0.4 is 10.6 Å². The van der Waals surface area contributed by atoms with Gasteiger partial charge >= 0.3 is 0 Å². The number of carbonyl (C=O) groups is 2. The van der Waals surface area contributed by atoms with Gasteiger partial charge in [-0.3, -0.25) is 9.59 Å². The monoisotopic (exact) mass is 403 g/mol. The predicted molar refractivity (Wildman–Crippen MR) is 98.8 cm³/mol. The standard InChI is InChI=1S/C19H16F3N5O2/c1-10-3-4-12(7-15(10)21)23-17(28)9-27-11(2)18(25-26-27)19(29)24-13-5-6-14(20)16(22)8-13/h3-8H,9H2,1-2H3,(H,23,28)(H,24,29). The Morgan fingerprint density at radius 2 is 1.59 bits per heavy atom. The number of nitrogens with zero attached hydrogens (tertiary/aromatic N) is 3. The fraction of sp³-hybridized carbons (Fsp3) is 0.158. The molecule has 0 unspecified atom stereocenters.